The van der Waals surface area contributed by atoms with E-state index in [1.807, 2.05) is 60.7 Å². The lowest BCUT2D eigenvalue weighted by Crippen LogP contribution is -2.68. The van der Waals surface area contributed by atoms with Crippen LogP contribution in [0.3, 0.4) is 0 Å². The summed E-state index contributed by atoms with van der Waals surface area (Å²) in [5, 5.41) is -0.335. The van der Waals surface area contributed by atoms with Crippen LogP contribution in [-0.4, -0.2) is 44.8 Å². The number of nitrogens with zero attached hydrogens (tertiary/aromatic N) is 1. The lowest BCUT2D eigenvalue weighted by Gasteiger charge is -2.48. The Labute approximate surface area is 201 Å². The molecule has 0 aromatic heterocycles. The van der Waals surface area contributed by atoms with E-state index in [2.05, 4.69) is 0 Å². The van der Waals surface area contributed by atoms with Crippen LogP contribution in [0.2, 0.25) is 0 Å². The van der Waals surface area contributed by atoms with Gasteiger partial charge in [0.15, 0.2) is 11.2 Å². The third-order valence-corrected chi connectivity index (χ3v) is 7.42. The number of thioether (sulfide) groups is 2. The van der Waals surface area contributed by atoms with Crippen molar-refractivity contribution in [2.75, 3.05) is 11.5 Å². The number of fused-ring (bicyclic) bond motifs is 1. The number of carbonyl (C=O) groups excluding carboxylic acids is 3. The van der Waals surface area contributed by atoms with Crippen molar-refractivity contribution in [3.63, 3.8) is 0 Å². The van der Waals surface area contributed by atoms with Crippen molar-refractivity contribution in [3.8, 4) is 0 Å². The molecule has 2 N–H and O–H groups in total. The summed E-state index contributed by atoms with van der Waals surface area (Å²) in [6.07, 6.45) is -0.623. The lowest BCUT2D eigenvalue weighted by molar-refractivity contribution is -0.153. The van der Waals surface area contributed by atoms with E-state index >= 15 is 0 Å². The smallest absolute Gasteiger partial charge is 0.356 e. The van der Waals surface area contributed by atoms with Crippen LogP contribution >= 0.6 is 35.9 Å². The largest absolute Gasteiger partial charge is 0.448 e. The monoisotopic (exact) mass is 490 g/mol. The standard InChI is InChI=1S/C23H22N2O4S2.ClH/c1-14(26)30-12-17-13-31-22-18(24)21(27)25(22)19(17)23(28)29-20(15-8-4-2-5-9-15)16-10-6-3-7-11-16;/h2-11,18,20,22H,12-13,24H2,1H3;1H/t18-,22+;/m1./s1. The fourth-order valence-corrected chi connectivity index (χ4v) is 5.65. The maximum absolute atomic E-state index is 13.4. The van der Waals surface area contributed by atoms with Gasteiger partial charge in [-0.2, -0.15) is 0 Å². The van der Waals surface area contributed by atoms with Gasteiger partial charge in [0, 0.05) is 18.4 Å². The second-order valence-corrected chi connectivity index (χ2v) is 9.53. The van der Waals surface area contributed by atoms with Crippen molar-refractivity contribution >= 4 is 52.9 Å². The molecule has 2 aliphatic rings. The van der Waals surface area contributed by atoms with Crippen molar-refractivity contribution in [2.24, 2.45) is 5.73 Å². The van der Waals surface area contributed by atoms with Crippen molar-refractivity contribution in [1.29, 1.82) is 0 Å². The minimum Gasteiger partial charge on any atom is -0.448 e. The minimum atomic E-state index is -0.631. The number of β-lactam (4-membered cyclic amide) rings is 1. The highest BCUT2D eigenvalue weighted by atomic mass is 35.5. The first-order chi connectivity index (χ1) is 15.0. The average Bonchev–Trinajstić information content (AvgIpc) is 2.80. The van der Waals surface area contributed by atoms with E-state index in [0.29, 0.717) is 17.1 Å². The molecule has 2 aromatic rings. The molecular formula is C23H23ClN2O4S2. The SMILES string of the molecule is CC(=O)SCC1=C(C(=O)OC(c2ccccc2)c2ccccc2)N2C(=O)[C@@H](N)[C@@H]2SC1.Cl. The molecule has 0 unspecified atom stereocenters. The summed E-state index contributed by atoms with van der Waals surface area (Å²) in [5.74, 6) is -0.0264. The molecule has 1 saturated heterocycles. The van der Waals surface area contributed by atoms with Crippen LogP contribution in [0.25, 0.3) is 0 Å². The fraction of sp³-hybridized carbons (Fsp3) is 0.261. The van der Waals surface area contributed by atoms with Gasteiger partial charge in [-0.15, -0.1) is 24.2 Å². The molecule has 6 nitrogen and oxygen atoms in total. The topological polar surface area (TPSA) is 89.7 Å². The Hall–Kier alpha value is -2.26. The van der Waals surface area contributed by atoms with Gasteiger partial charge in [0.2, 0.25) is 5.91 Å². The van der Waals surface area contributed by atoms with Crippen LogP contribution in [-0.2, 0) is 19.1 Å². The zero-order valence-electron chi connectivity index (χ0n) is 17.3. The Balaban J connectivity index is 0.00000289. The molecule has 1 amide bonds. The van der Waals surface area contributed by atoms with E-state index in [0.717, 1.165) is 22.9 Å². The van der Waals surface area contributed by atoms with Gasteiger partial charge in [0.25, 0.3) is 0 Å². The number of benzene rings is 2. The molecule has 2 heterocycles. The summed E-state index contributed by atoms with van der Waals surface area (Å²) in [6, 6.07) is 18.3. The molecule has 0 spiro atoms. The Morgan fingerprint density at radius 3 is 2.22 bits per heavy atom. The summed E-state index contributed by atoms with van der Waals surface area (Å²) in [7, 11) is 0. The third kappa shape index (κ3) is 4.88. The summed E-state index contributed by atoms with van der Waals surface area (Å²) in [4.78, 5) is 38.9. The van der Waals surface area contributed by atoms with E-state index < -0.39 is 18.1 Å². The Kier molecular flexibility index (Phi) is 8.05. The number of hydrogen-bond acceptors (Lipinski definition) is 7. The molecule has 4 rings (SSSR count). The highest BCUT2D eigenvalue weighted by Gasteiger charge is 2.52. The fourth-order valence-electron chi connectivity index (χ4n) is 3.62. The van der Waals surface area contributed by atoms with Gasteiger partial charge < -0.3 is 10.5 Å². The summed E-state index contributed by atoms with van der Waals surface area (Å²) < 4.78 is 6.00. The molecule has 0 saturated carbocycles. The molecule has 0 bridgehead atoms. The first-order valence-corrected chi connectivity index (χ1v) is 11.9. The molecule has 32 heavy (non-hydrogen) atoms. The highest BCUT2D eigenvalue weighted by molar-refractivity contribution is 8.13. The van der Waals surface area contributed by atoms with E-state index in [-0.39, 0.29) is 34.5 Å². The number of hydrogen-bond donors (Lipinski definition) is 1. The molecular weight excluding hydrogens is 468 g/mol. The van der Waals surface area contributed by atoms with Gasteiger partial charge in [0.05, 0.1) is 0 Å². The Morgan fingerprint density at radius 2 is 1.69 bits per heavy atom. The van der Waals surface area contributed by atoms with E-state index in [4.69, 9.17) is 10.5 Å². The predicted octanol–water partition coefficient (Wildman–Crippen LogP) is 3.52. The number of amides is 1. The van der Waals surface area contributed by atoms with Crippen LogP contribution in [0.15, 0.2) is 71.9 Å². The van der Waals surface area contributed by atoms with E-state index in [1.54, 1.807) is 0 Å². The summed E-state index contributed by atoms with van der Waals surface area (Å²) in [5.41, 5.74) is 8.54. The zero-order valence-corrected chi connectivity index (χ0v) is 19.8. The normalized spacial score (nSPS) is 19.7. The van der Waals surface area contributed by atoms with Crippen molar-refractivity contribution in [1.82, 2.24) is 4.90 Å². The first kappa shape index (κ1) is 24.4. The zero-order chi connectivity index (χ0) is 22.0. The molecule has 9 heteroatoms. The van der Waals surface area contributed by atoms with Gasteiger partial charge >= 0.3 is 5.97 Å². The van der Waals surface area contributed by atoms with Crippen molar-refractivity contribution in [2.45, 2.75) is 24.4 Å². The summed E-state index contributed by atoms with van der Waals surface area (Å²) >= 11 is 2.62. The molecule has 1 fully saturated rings. The third-order valence-electron chi connectivity index (χ3n) is 5.16. The molecule has 168 valence electrons. The number of rotatable bonds is 6. The number of halogens is 1. The number of nitrogens with two attached hydrogens (primary N) is 1. The van der Waals surface area contributed by atoms with Gasteiger partial charge in [0.1, 0.15) is 17.1 Å². The van der Waals surface area contributed by atoms with Gasteiger partial charge in [-0.05, 0) is 16.7 Å². The number of carbonyl (C=O) groups is 3. The Morgan fingerprint density at radius 1 is 1.12 bits per heavy atom. The number of esters is 1. The van der Waals surface area contributed by atoms with Crippen molar-refractivity contribution < 1.29 is 19.1 Å². The lowest BCUT2D eigenvalue weighted by atomic mass is 10.0. The van der Waals surface area contributed by atoms with Crippen LogP contribution in [0.4, 0.5) is 0 Å². The minimum absolute atomic E-state index is 0. The molecule has 0 radical (unpaired) electrons. The van der Waals surface area contributed by atoms with Crippen LogP contribution < -0.4 is 5.73 Å². The first-order valence-electron chi connectivity index (χ1n) is 9.84. The number of ether oxygens (including phenoxy) is 1. The molecule has 0 aliphatic carbocycles. The molecule has 2 aliphatic heterocycles. The molecule has 2 aromatic carbocycles. The average molecular weight is 491 g/mol. The quantitative estimate of drug-likeness (QED) is 0.489. The van der Waals surface area contributed by atoms with E-state index in [1.165, 1.54) is 23.6 Å². The van der Waals surface area contributed by atoms with Crippen LogP contribution in [0.5, 0.6) is 0 Å². The van der Waals surface area contributed by atoms with E-state index in [9.17, 15) is 14.4 Å². The second-order valence-electron chi connectivity index (χ2n) is 7.27. The summed E-state index contributed by atoms with van der Waals surface area (Å²) in [6.45, 7) is 1.48. The predicted molar refractivity (Wildman–Crippen MR) is 129 cm³/mol. The van der Waals surface area contributed by atoms with Gasteiger partial charge in [-0.25, -0.2) is 4.79 Å². The maximum Gasteiger partial charge on any atom is 0.356 e. The van der Waals surface area contributed by atoms with Gasteiger partial charge in [-0.1, -0.05) is 72.4 Å². The van der Waals surface area contributed by atoms with Crippen LogP contribution in [0.1, 0.15) is 24.2 Å². The second kappa shape index (κ2) is 10.6. The maximum atomic E-state index is 13.4. The van der Waals surface area contributed by atoms with Gasteiger partial charge in [-0.3, -0.25) is 14.5 Å². The Bertz CT molecular complexity index is 993. The van der Waals surface area contributed by atoms with Crippen molar-refractivity contribution in [3.05, 3.63) is 83.1 Å². The molecule has 2 atom stereocenters. The highest BCUT2D eigenvalue weighted by Crippen LogP contribution is 2.41. The van der Waals surface area contributed by atoms with Crippen LogP contribution in [0, 0.1) is 0 Å².